The maximum atomic E-state index is 5.92. The van der Waals surface area contributed by atoms with Crippen LogP contribution in [0.3, 0.4) is 0 Å². The monoisotopic (exact) mass is 230 g/mol. The smallest absolute Gasteiger partial charge is 0.175 e. The molecular weight excluding hydrogens is 212 g/mol. The Morgan fingerprint density at radius 3 is 2.41 bits per heavy atom. The third-order valence-corrected chi connectivity index (χ3v) is 3.16. The maximum absolute atomic E-state index is 5.92. The van der Waals surface area contributed by atoms with Gasteiger partial charge in [-0.1, -0.05) is 49.3 Å². The van der Waals surface area contributed by atoms with E-state index in [0.29, 0.717) is 11.7 Å². The zero-order valence-electron chi connectivity index (χ0n) is 10.3. The van der Waals surface area contributed by atoms with Gasteiger partial charge in [-0.25, -0.2) is 0 Å². The molecule has 1 heterocycles. The lowest BCUT2D eigenvalue weighted by Gasteiger charge is -2.10. The van der Waals surface area contributed by atoms with E-state index in [-0.39, 0.29) is 0 Å². The summed E-state index contributed by atoms with van der Waals surface area (Å²) in [4.78, 5) is 0. The van der Waals surface area contributed by atoms with E-state index in [4.69, 9.17) is 10.3 Å². The molecule has 3 heteroatoms. The average Bonchev–Trinajstić information content (AvgIpc) is 2.74. The second-order valence-corrected chi connectivity index (χ2v) is 4.19. The summed E-state index contributed by atoms with van der Waals surface area (Å²) in [7, 11) is 0. The topological polar surface area (TPSA) is 52.0 Å². The average molecular weight is 230 g/mol. The molecule has 1 aromatic heterocycles. The van der Waals surface area contributed by atoms with E-state index in [2.05, 4.69) is 19.0 Å². The second-order valence-electron chi connectivity index (χ2n) is 4.19. The van der Waals surface area contributed by atoms with Crippen molar-refractivity contribution in [3.05, 3.63) is 36.1 Å². The first-order valence-corrected chi connectivity index (χ1v) is 6.08. The Bertz CT molecular complexity index is 472. The van der Waals surface area contributed by atoms with Crippen LogP contribution in [0.15, 0.2) is 34.9 Å². The normalized spacial score (nSPS) is 11.0. The summed E-state index contributed by atoms with van der Waals surface area (Å²) in [5, 5.41) is 3.91. The zero-order valence-corrected chi connectivity index (χ0v) is 10.3. The molecule has 17 heavy (non-hydrogen) atoms. The Labute approximate surface area is 102 Å². The number of anilines is 1. The van der Waals surface area contributed by atoms with E-state index < -0.39 is 0 Å². The van der Waals surface area contributed by atoms with Crippen LogP contribution in [0.1, 0.15) is 38.4 Å². The van der Waals surface area contributed by atoms with E-state index in [9.17, 15) is 0 Å². The van der Waals surface area contributed by atoms with Crippen LogP contribution in [0.2, 0.25) is 0 Å². The summed E-state index contributed by atoms with van der Waals surface area (Å²) in [6, 6.07) is 10.1. The quantitative estimate of drug-likeness (QED) is 0.868. The Hall–Kier alpha value is -1.77. The van der Waals surface area contributed by atoms with Gasteiger partial charge in [-0.15, -0.1) is 0 Å². The number of hydrogen-bond acceptors (Lipinski definition) is 3. The summed E-state index contributed by atoms with van der Waals surface area (Å²) < 4.78 is 5.42. The fraction of sp³-hybridized carbons (Fsp3) is 0.357. The molecule has 0 atom stereocenters. The van der Waals surface area contributed by atoms with E-state index in [0.717, 1.165) is 29.7 Å². The van der Waals surface area contributed by atoms with Gasteiger partial charge in [0.25, 0.3) is 0 Å². The molecule has 0 unspecified atom stereocenters. The van der Waals surface area contributed by atoms with Gasteiger partial charge in [-0.05, 0) is 18.4 Å². The Balaban J connectivity index is 2.50. The lowest BCUT2D eigenvalue weighted by molar-refractivity contribution is 0.356. The lowest BCUT2D eigenvalue weighted by Crippen LogP contribution is -1.97. The molecule has 0 aliphatic carbocycles. The Morgan fingerprint density at radius 1 is 1.18 bits per heavy atom. The lowest BCUT2D eigenvalue weighted by atomic mass is 9.94. The Morgan fingerprint density at radius 2 is 1.82 bits per heavy atom. The molecule has 0 fully saturated rings. The van der Waals surface area contributed by atoms with Gasteiger partial charge in [0.05, 0.1) is 5.56 Å². The van der Waals surface area contributed by atoms with Crippen LogP contribution in [0.4, 0.5) is 5.82 Å². The summed E-state index contributed by atoms with van der Waals surface area (Å²) in [5.74, 6) is 1.78. The van der Waals surface area contributed by atoms with Crippen molar-refractivity contribution >= 4 is 5.82 Å². The molecule has 90 valence electrons. The predicted octanol–water partition coefficient (Wildman–Crippen LogP) is 3.83. The molecule has 0 radical (unpaired) electrons. The zero-order chi connectivity index (χ0) is 12.3. The minimum atomic E-state index is 0.384. The SMILES string of the molecule is CCC(CC)c1onc(N)c1-c1ccccc1. The highest BCUT2D eigenvalue weighted by Gasteiger charge is 2.21. The van der Waals surface area contributed by atoms with Crippen LogP contribution in [0.5, 0.6) is 0 Å². The van der Waals surface area contributed by atoms with Crippen LogP contribution in [-0.2, 0) is 0 Å². The van der Waals surface area contributed by atoms with E-state index >= 15 is 0 Å². The van der Waals surface area contributed by atoms with Crippen LogP contribution >= 0.6 is 0 Å². The minimum absolute atomic E-state index is 0.384. The standard InChI is InChI=1S/C14H18N2O/c1-3-10(4-2)13-12(14(15)16-17-13)11-8-6-5-7-9-11/h5-10H,3-4H2,1-2H3,(H2,15,16). The largest absolute Gasteiger partial charge is 0.380 e. The van der Waals surface area contributed by atoms with Gasteiger partial charge in [0.15, 0.2) is 5.82 Å². The van der Waals surface area contributed by atoms with Crippen LogP contribution in [0, 0.1) is 0 Å². The van der Waals surface area contributed by atoms with E-state index in [1.807, 2.05) is 30.3 Å². The molecule has 0 saturated carbocycles. The van der Waals surface area contributed by atoms with Crippen molar-refractivity contribution in [3.8, 4) is 11.1 Å². The molecule has 0 bridgehead atoms. The fourth-order valence-electron chi connectivity index (χ4n) is 2.15. The highest BCUT2D eigenvalue weighted by Crippen LogP contribution is 2.36. The molecule has 0 saturated heterocycles. The van der Waals surface area contributed by atoms with Crippen molar-refractivity contribution in [1.82, 2.24) is 5.16 Å². The summed E-state index contributed by atoms with van der Waals surface area (Å²) in [6.07, 6.45) is 2.07. The molecule has 2 N–H and O–H groups in total. The highest BCUT2D eigenvalue weighted by molar-refractivity contribution is 5.75. The first-order chi connectivity index (χ1) is 8.27. The van der Waals surface area contributed by atoms with Crippen LogP contribution < -0.4 is 5.73 Å². The molecule has 0 aliphatic heterocycles. The number of hydrogen-bond donors (Lipinski definition) is 1. The van der Waals surface area contributed by atoms with Crippen molar-refractivity contribution < 1.29 is 4.52 Å². The van der Waals surface area contributed by atoms with Crippen molar-refractivity contribution in [2.75, 3.05) is 5.73 Å². The van der Waals surface area contributed by atoms with Gasteiger partial charge in [-0.2, -0.15) is 0 Å². The summed E-state index contributed by atoms with van der Waals surface area (Å²) >= 11 is 0. The van der Waals surface area contributed by atoms with Gasteiger partial charge in [-0.3, -0.25) is 0 Å². The molecule has 3 nitrogen and oxygen atoms in total. The van der Waals surface area contributed by atoms with Gasteiger partial charge in [0.2, 0.25) is 0 Å². The molecule has 2 aromatic rings. The third kappa shape index (κ3) is 2.18. The van der Waals surface area contributed by atoms with Crippen molar-refractivity contribution in [1.29, 1.82) is 0 Å². The molecule has 0 spiro atoms. The summed E-state index contributed by atoms with van der Waals surface area (Å²) in [5.41, 5.74) is 7.95. The predicted molar refractivity (Wildman–Crippen MR) is 69.7 cm³/mol. The van der Waals surface area contributed by atoms with Crippen molar-refractivity contribution in [3.63, 3.8) is 0 Å². The van der Waals surface area contributed by atoms with E-state index in [1.54, 1.807) is 0 Å². The fourth-order valence-corrected chi connectivity index (χ4v) is 2.15. The van der Waals surface area contributed by atoms with Crippen LogP contribution in [-0.4, -0.2) is 5.16 Å². The minimum Gasteiger partial charge on any atom is -0.380 e. The Kier molecular flexibility index (Phi) is 3.47. The van der Waals surface area contributed by atoms with Gasteiger partial charge in [0, 0.05) is 5.92 Å². The molecule has 2 rings (SSSR count). The highest BCUT2D eigenvalue weighted by atomic mass is 16.5. The van der Waals surface area contributed by atoms with Crippen molar-refractivity contribution in [2.45, 2.75) is 32.6 Å². The molecular formula is C14H18N2O. The van der Waals surface area contributed by atoms with Gasteiger partial charge >= 0.3 is 0 Å². The van der Waals surface area contributed by atoms with E-state index in [1.165, 1.54) is 0 Å². The molecule has 1 aromatic carbocycles. The van der Waals surface area contributed by atoms with Crippen LogP contribution in [0.25, 0.3) is 11.1 Å². The maximum Gasteiger partial charge on any atom is 0.175 e. The van der Waals surface area contributed by atoms with Crippen molar-refractivity contribution in [2.24, 2.45) is 0 Å². The number of nitrogen functional groups attached to an aromatic ring is 1. The number of aromatic nitrogens is 1. The first-order valence-electron chi connectivity index (χ1n) is 6.08. The first kappa shape index (κ1) is 11.7. The summed E-state index contributed by atoms with van der Waals surface area (Å²) in [6.45, 7) is 4.31. The molecule has 0 amide bonds. The molecule has 0 aliphatic rings. The number of nitrogens with zero attached hydrogens (tertiary/aromatic N) is 1. The van der Waals surface area contributed by atoms with Gasteiger partial charge < -0.3 is 10.3 Å². The number of rotatable bonds is 4. The number of benzene rings is 1. The third-order valence-electron chi connectivity index (χ3n) is 3.16. The second kappa shape index (κ2) is 5.04. The van der Waals surface area contributed by atoms with Gasteiger partial charge in [0.1, 0.15) is 5.76 Å². The number of nitrogens with two attached hydrogens (primary N) is 1.